The van der Waals surface area contributed by atoms with E-state index in [0.29, 0.717) is 18.9 Å². The van der Waals surface area contributed by atoms with Crippen molar-refractivity contribution in [3.05, 3.63) is 76.2 Å². The predicted molar refractivity (Wildman–Crippen MR) is 146 cm³/mol. The SMILES string of the molecule is CC1(COc2c(N3CCN(SCc4ccc(N)c(CN)c4)CC3)cnn(-c3ccccc3)c2=O)CC1. The van der Waals surface area contributed by atoms with Crippen LogP contribution in [0.1, 0.15) is 30.9 Å². The summed E-state index contributed by atoms with van der Waals surface area (Å²) in [4.78, 5) is 15.7. The van der Waals surface area contributed by atoms with Crippen LogP contribution in [0.4, 0.5) is 11.4 Å². The third-order valence-corrected chi connectivity index (χ3v) is 8.20. The van der Waals surface area contributed by atoms with Crippen molar-refractivity contribution < 1.29 is 4.74 Å². The number of ether oxygens (including phenoxy) is 1. The fourth-order valence-electron chi connectivity index (χ4n) is 4.30. The van der Waals surface area contributed by atoms with E-state index < -0.39 is 0 Å². The summed E-state index contributed by atoms with van der Waals surface area (Å²) in [6.45, 7) is 6.56. The number of benzene rings is 2. The molecule has 0 bridgehead atoms. The average Bonchev–Trinajstić information content (AvgIpc) is 3.65. The van der Waals surface area contributed by atoms with E-state index in [2.05, 4.69) is 33.4 Å². The monoisotopic (exact) mass is 506 g/mol. The smallest absolute Gasteiger partial charge is 0.316 e. The fourth-order valence-corrected chi connectivity index (χ4v) is 5.23. The highest BCUT2D eigenvalue weighted by atomic mass is 32.2. The Balaban J connectivity index is 1.28. The number of hydrogen-bond donors (Lipinski definition) is 2. The van der Waals surface area contributed by atoms with E-state index in [1.165, 1.54) is 10.2 Å². The Morgan fingerprint density at radius 3 is 2.53 bits per heavy atom. The fraction of sp³-hybridized carbons (Fsp3) is 0.407. The van der Waals surface area contributed by atoms with Gasteiger partial charge in [-0.25, -0.2) is 4.31 Å². The van der Waals surface area contributed by atoms with E-state index >= 15 is 0 Å². The molecule has 2 aromatic carbocycles. The Bertz CT molecular complexity index is 1250. The molecule has 36 heavy (non-hydrogen) atoms. The minimum absolute atomic E-state index is 0.172. The molecule has 2 heterocycles. The summed E-state index contributed by atoms with van der Waals surface area (Å²) in [5.74, 6) is 1.27. The van der Waals surface area contributed by atoms with Crippen LogP contribution in [0, 0.1) is 5.41 Å². The molecule has 0 unspecified atom stereocenters. The summed E-state index contributed by atoms with van der Waals surface area (Å²) < 4.78 is 10.0. The van der Waals surface area contributed by atoms with E-state index in [-0.39, 0.29) is 11.0 Å². The van der Waals surface area contributed by atoms with Crippen LogP contribution in [0.3, 0.4) is 0 Å². The lowest BCUT2D eigenvalue weighted by Crippen LogP contribution is -2.44. The highest BCUT2D eigenvalue weighted by Gasteiger charge is 2.39. The number of rotatable bonds is 9. The maximum Gasteiger partial charge on any atom is 0.316 e. The molecule has 9 heteroatoms. The van der Waals surface area contributed by atoms with E-state index in [9.17, 15) is 4.79 Å². The summed E-state index contributed by atoms with van der Waals surface area (Å²) in [5, 5.41) is 4.51. The van der Waals surface area contributed by atoms with Crippen LogP contribution in [0.25, 0.3) is 5.69 Å². The summed E-state index contributed by atoms with van der Waals surface area (Å²) in [7, 11) is 0. The van der Waals surface area contributed by atoms with Gasteiger partial charge in [0.05, 0.1) is 18.5 Å². The molecule has 1 saturated carbocycles. The number of nitrogens with two attached hydrogens (primary N) is 2. The van der Waals surface area contributed by atoms with Crippen molar-refractivity contribution in [1.82, 2.24) is 14.1 Å². The minimum atomic E-state index is -0.209. The molecular weight excluding hydrogens is 472 g/mol. The lowest BCUT2D eigenvalue weighted by molar-refractivity contribution is 0.243. The summed E-state index contributed by atoms with van der Waals surface area (Å²) in [6, 6.07) is 15.6. The van der Waals surface area contributed by atoms with Gasteiger partial charge in [0, 0.05) is 49.6 Å². The molecule has 0 atom stereocenters. The van der Waals surface area contributed by atoms with Gasteiger partial charge in [-0.2, -0.15) is 9.78 Å². The molecule has 1 aliphatic heterocycles. The second-order valence-electron chi connectivity index (χ2n) is 9.94. The van der Waals surface area contributed by atoms with Crippen LogP contribution in [0.5, 0.6) is 5.75 Å². The Morgan fingerprint density at radius 2 is 1.83 bits per heavy atom. The van der Waals surface area contributed by atoms with Crippen molar-refractivity contribution in [2.45, 2.75) is 32.1 Å². The van der Waals surface area contributed by atoms with Crippen LogP contribution in [0.2, 0.25) is 0 Å². The molecule has 190 valence electrons. The number of hydrogen-bond acceptors (Lipinski definition) is 8. The lowest BCUT2D eigenvalue weighted by Gasteiger charge is -2.35. The number of aromatic nitrogens is 2. The summed E-state index contributed by atoms with van der Waals surface area (Å²) >= 11 is 1.81. The third kappa shape index (κ3) is 5.53. The lowest BCUT2D eigenvalue weighted by atomic mass is 10.1. The topological polar surface area (TPSA) is 103 Å². The second-order valence-corrected chi connectivity index (χ2v) is 11.0. The number of anilines is 2. The Morgan fingerprint density at radius 1 is 1.08 bits per heavy atom. The largest absolute Gasteiger partial charge is 0.486 e. The van der Waals surface area contributed by atoms with Gasteiger partial charge in [0.2, 0.25) is 5.75 Å². The Labute approximate surface area is 216 Å². The van der Waals surface area contributed by atoms with Crippen molar-refractivity contribution in [2.24, 2.45) is 11.1 Å². The minimum Gasteiger partial charge on any atom is -0.486 e. The summed E-state index contributed by atoms with van der Waals surface area (Å²) in [6.07, 6.45) is 4.05. The van der Waals surface area contributed by atoms with Crippen LogP contribution in [-0.2, 0) is 12.3 Å². The molecule has 2 aliphatic rings. The first-order valence-corrected chi connectivity index (χ1v) is 13.4. The zero-order valence-electron chi connectivity index (χ0n) is 20.7. The molecule has 5 rings (SSSR count). The van der Waals surface area contributed by atoms with Gasteiger partial charge < -0.3 is 21.1 Å². The van der Waals surface area contributed by atoms with E-state index in [1.54, 1.807) is 6.20 Å². The predicted octanol–water partition coefficient (Wildman–Crippen LogP) is 3.42. The van der Waals surface area contributed by atoms with E-state index in [1.807, 2.05) is 48.3 Å². The number of nitrogens with zero attached hydrogens (tertiary/aromatic N) is 4. The highest BCUT2D eigenvalue weighted by molar-refractivity contribution is 7.96. The Kier molecular flexibility index (Phi) is 7.22. The van der Waals surface area contributed by atoms with Crippen LogP contribution in [-0.4, -0.2) is 46.9 Å². The van der Waals surface area contributed by atoms with Crippen LogP contribution < -0.4 is 26.7 Å². The van der Waals surface area contributed by atoms with Crippen molar-refractivity contribution in [3.63, 3.8) is 0 Å². The maximum atomic E-state index is 13.5. The van der Waals surface area contributed by atoms with Gasteiger partial charge in [-0.1, -0.05) is 49.2 Å². The molecule has 1 aromatic heterocycles. The molecular formula is C27H34N6O2S. The second kappa shape index (κ2) is 10.5. The number of nitrogen functional groups attached to an aromatic ring is 1. The average molecular weight is 507 g/mol. The number of para-hydroxylation sites is 1. The number of piperazine rings is 1. The normalized spacial score (nSPS) is 17.2. The maximum absolute atomic E-state index is 13.5. The first kappa shape index (κ1) is 24.7. The van der Waals surface area contributed by atoms with Crippen LogP contribution >= 0.6 is 11.9 Å². The van der Waals surface area contributed by atoms with E-state index in [4.69, 9.17) is 16.2 Å². The first-order chi connectivity index (χ1) is 17.5. The molecule has 0 radical (unpaired) electrons. The van der Waals surface area contributed by atoms with E-state index in [0.717, 1.165) is 67.4 Å². The van der Waals surface area contributed by atoms with Gasteiger partial charge in [0.15, 0.2) is 0 Å². The van der Waals surface area contributed by atoms with Crippen LogP contribution in [0.15, 0.2) is 59.5 Å². The third-order valence-electron chi connectivity index (χ3n) is 7.00. The molecule has 1 aliphatic carbocycles. The molecule has 2 fully saturated rings. The van der Waals surface area contributed by atoms with Crippen molar-refractivity contribution >= 4 is 23.3 Å². The molecule has 0 spiro atoms. The van der Waals surface area contributed by atoms with Gasteiger partial charge >= 0.3 is 5.56 Å². The summed E-state index contributed by atoms with van der Waals surface area (Å²) in [5.41, 5.74) is 16.2. The molecule has 0 amide bonds. The van der Waals surface area contributed by atoms with Gasteiger partial charge in [0.1, 0.15) is 5.69 Å². The highest BCUT2D eigenvalue weighted by Crippen LogP contribution is 2.45. The van der Waals surface area contributed by atoms with Crippen molar-refractivity contribution in [1.29, 1.82) is 0 Å². The zero-order valence-corrected chi connectivity index (χ0v) is 21.5. The van der Waals surface area contributed by atoms with Crippen molar-refractivity contribution in [3.8, 4) is 11.4 Å². The molecule has 3 aromatic rings. The van der Waals surface area contributed by atoms with Gasteiger partial charge in [-0.15, -0.1) is 0 Å². The zero-order chi connectivity index (χ0) is 25.1. The quantitative estimate of drug-likeness (QED) is 0.336. The molecule has 8 nitrogen and oxygen atoms in total. The first-order valence-electron chi connectivity index (χ1n) is 12.5. The van der Waals surface area contributed by atoms with Gasteiger partial charge in [0.25, 0.3) is 0 Å². The van der Waals surface area contributed by atoms with Gasteiger partial charge in [-0.05, 0) is 42.2 Å². The van der Waals surface area contributed by atoms with Gasteiger partial charge in [-0.3, -0.25) is 4.79 Å². The molecule has 4 N–H and O–H groups in total. The standard InChI is InChI=1S/C27H34N6O2S/c1-27(9-10-27)19-35-25-24(17-30-33(26(25)34)22-5-3-2-4-6-22)31-11-13-32(14-12-31)36-18-20-7-8-23(29)21(15-20)16-28/h2-8,15,17H,9-14,16,18-19,28-29H2,1H3. The Hall–Kier alpha value is -3.01. The molecule has 1 saturated heterocycles. The van der Waals surface area contributed by atoms with Crippen molar-refractivity contribution in [2.75, 3.05) is 43.4 Å².